The first-order valence-electron chi connectivity index (χ1n) is 5.03. The molecular formula is C10H22OS. The maximum Gasteiger partial charge on any atom is 0.0547 e. The minimum atomic E-state index is 0.319. The van der Waals surface area contributed by atoms with Gasteiger partial charge in [0, 0.05) is 5.25 Å². The van der Waals surface area contributed by atoms with Crippen LogP contribution in [0.15, 0.2) is 0 Å². The second-order valence-corrected chi connectivity index (χ2v) is 4.82. The number of aliphatic hydroxyl groups is 1. The van der Waals surface area contributed by atoms with E-state index < -0.39 is 0 Å². The van der Waals surface area contributed by atoms with Crippen LogP contribution in [0.25, 0.3) is 0 Å². The highest BCUT2D eigenvalue weighted by Crippen LogP contribution is 2.13. The average molecular weight is 190 g/mol. The maximum absolute atomic E-state index is 8.75. The molecule has 1 atom stereocenters. The number of hydrogen-bond donors (Lipinski definition) is 1. The Bertz CT molecular complexity index is 85.9. The van der Waals surface area contributed by atoms with E-state index in [9.17, 15) is 0 Å². The third-order valence-corrected chi connectivity index (χ3v) is 3.15. The molecule has 0 heterocycles. The summed E-state index contributed by atoms with van der Waals surface area (Å²) in [5.41, 5.74) is 0. The lowest BCUT2D eigenvalue weighted by molar-refractivity contribution is 0.300. The van der Waals surface area contributed by atoms with Gasteiger partial charge in [0.1, 0.15) is 0 Å². The number of aliphatic hydroxyl groups excluding tert-OH is 1. The Kier molecular flexibility index (Phi) is 9.64. The minimum absolute atomic E-state index is 0.319. The van der Waals surface area contributed by atoms with Gasteiger partial charge in [-0.25, -0.2) is 0 Å². The van der Waals surface area contributed by atoms with Crippen LogP contribution in [0.5, 0.6) is 0 Å². The summed E-state index contributed by atoms with van der Waals surface area (Å²) in [5, 5.41) is 9.18. The van der Waals surface area contributed by atoms with Crippen LogP contribution in [0.3, 0.4) is 0 Å². The topological polar surface area (TPSA) is 20.2 Å². The van der Waals surface area contributed by atoms with Crippen molar-refractivity contribution in [1.29, 1.82) is 0 Å². The van der Waals surface area contributed by atoms with E-state index in [0.29, 0.717) is 11.9 Å². The van der Waals surface area contributed by atoms with Crippen molar-refractivity contribution in [2.24, 2.45) is 0 Å². The van der Waals surface area contributed by atoms with E-state index in [1.54, 1.807) is 0 Å². The lowest BCUT2D eigenvalue weighted by atomic mass is 10.2. The highest BCUT2D eigenvalue weighted by molar-refractivity contribution is 7.99. The van der Waals surface area contributed by atoms with Gasteiger partial charge < -0.3 is 5.11 Å². The van der Waals surface area contributed by atoms with E-state index in [4.69, 9.17) is 5.11 Å². The van der Waals surface area contributed by atoms with Crippen molar-refractivity contribution in [3.8, 4) is 0 Å². The molecule has 2 heteroatoms. The Morgan fingerprint density at radius 2 is 1.83 bits per heavy atom. The molecule has 0 rings (SSSR count). The molecule has 0 spiro atoms. The zero-order valence-electron chi connectivity index (χ0n) is 8.38. The van der Waals surface area contributed by atoms with Gasteiger partial charge in [-0.1, -0.05) is 39.5 Å². The maximum atomic E-state index is 8.75. The first-order chi connectivity index (χ1) is 5.81. The van der Waals surface area contributed by atoms with Gasteiger partial charge in [-0.2, -0.15) is 11.8 Å². The quantitative estimate of drug-likeness (QED) is 0.594. The Hall–Kier alpha value is 0.310. The molecule has 0 bridgehead atoms. The molecule has 0 radical (unpaired) electrons. The van der Waals surface area contributed by atoms with Crippen LogP contribution in [0, 0.1) is 0 Å². The van der Waals surface area contributed by atoms with Gasteiger partial charge in [0.05, 0.1) is 6.61 Å². The van der Waals surface area contributed by atoms with Crippen molar-refractivity contribution < 1.29 is 5.11 Å². The molecule has 1 N–H and O–H groups in total. The number of thioether (sulfide) groups is 1. The van der Waals surface area contributed by atoms with Crippen LogP contribution in [0.1, 0.15) is 46.0 Å². The van der Waals surface area contributed by atoms with Crippen molar-refractivity contribution in [2.75, 3.05) is 12.4 Å². The third kappa shape index (κ3) is 8.41. The van der Waals surface area contributed by atoms with Gasteiger partial charge in [0.15, 0.2) is 0 Å². The van der Waals surface area contributed by atoms with E-state index in [0.717, 1.165) is 0 Å². The largest absolute Gasteiger partial charge is 0.395 e. The molecule has 0 aromatic heterocycles. The monoisotopic (exact) mass is 190 g/mol. The molecule has 0 saturated carbocycles. The molecule has 0 aliphatic heterocycles. The summed E-state index contributed by atoms with van der Waals surface area (Å²) >= 11 is 1.88. The second kappa shape index (κ2) is 9.40. The van der Waals surface area contributed by atoms with Crippen molar-refractivity contribution >= 4 is 11.8 Å². The highest BCUT2D eigenvalue weighted by atomic mass is 32.2. The van der Waals surface area contributed by atoms with Crippen molar-refractivity contribution in [1.82, 2.24) is 0 Å². The molecule has 0 amide bonds. The van der Waals surface area contributed by atoms with Gasteiger partial charge in [0.2, 0.25) is 0 Å². The Labute approximate surface area is 80.9 Å². The molecule has 1 nitrogen and oxygen atoms in total. The number of unbranched alkanes of at least 4 members (excludes halogenated alkanes) is 4. The number of rotatable bonds is 8. The summed E-state index contributed by atoms with van der Waals surface area (Å²) < 4.78 is 0. The van der Waals surface area contributed by atoms with Crippen LogP contribution in [-0.4, -0.2) is 22.7 Å². The summed E-state index contributed by atoms with van der Waals surface area (Å²) in [7, 11) is 0. The first-order valence-corrected chi connectivity index (χ1v) is 6.08. The van der Waals surface area contributed by atoms with Crippen LogP contribution in [-0.2, 0) is 0 Å². The summed E-state index contributed by atoms with van der Waals surface area (Å²) in [6.07, 6.45) is 6.75. The average Bonchev–Trinajstić information content (AvgIpc) is 2.10. The molecule has 0 aromatic carbocycles. The predicted molar refractivity (Wildman–Crippen MR) is 57.8 cm³/mol. The summed E-state index contributed by atoms with van der Waals surface area (Å²) in [5.74, 6) is 1.21. The van der Waals surface area contributed by atoms with Crippen LogP contribution in [0.2, 0.25) is 0 Å². The smallest absolute Gasteiger partial charge is 0.0547 e. The summed E-state index contributed by atoms with van der Waals surface area (Å²) in [6, 6.07) is 0. The fourth-order valence-corrected chi connectivity index (χ4v) is 1.92. The fourth-order valence-electron chi connectivity index (χ4n) is 1.04. The zero-order chi connectivity index (χ0) is 9.23. The fraction of sp³-hybridized carbons (Fsp3) is 1.00. The lowest BCUT2D eigenvalue weighted by Crippen LogP contribution is -2.02. The molecule has 0 aromatic rings. The normalized spacial score (nSPS) is 13.2. The minimum Gasteiger partial charge on any atom is -0.395 e. The predicted octanol–water partition coefficient (Wildman–Crippen LogP) is 3.07. The number of hydrogen-bond acceptors (Lipinski definition) is 2. The Balaban J connectivity index is 2.90. The van der Waals surface area contributed by atoms with E-state index >= 15 is 0 Å². The molecule has 0 fully saturated rings. The van der Waals surface area contributed by atoms with Crippen LogP contribution >= 0.6 is 11.8 Å². The van der Waals surface area contributed by atoms with E-state index in [-0.39, 0.29) is 0 Å². The lowest BCUT2D eigenvalue weighted by Gasteiger charge is -2.06. The van der Waals surface area contributed by atoms with Gasteiger partial charge in [-0.3, -0.25) is 0 Å². The molecule has 0 saturated heterocycles. The Morgan fingerprint density at radius 3 is 2.42 bits per heavy atom. The molecular weight excluding hydrogens is 168 g/mol. The van der Waals surface area contributed by atoms with Gasteiger partial charge in [-0.05, 0) is 12.2 Å². The summed E-state index contributed by atoms with van der Waals surface area (Å²) in [6.45, 7) is 4.64. The third-order valence-electron chi connectivity index (χ3n) is 1.91. The molecule has 1 unspecified atom stereocenters. The standard InChI is InChI=1S/C10H22OS/c1-3-4-5-6-7-8-12-10(2)9-11/h10-11H,3-9H2,1-2H3. The molecule has 0 aliphatic carbocycles. The molecule has 12 heavy (non-hydrogen) atoms. The molecule has 74 valence electrons. The van der Waals surface area contributed by atoms with Crippen molar-refractivity contribution in [2.45, 2.75) is 51.2 Å². The van der Waals surface area contributed by atoms with Gasteiger partial charge in [-0.15, -0.1) is 0 Å². The Morgan fingerprint density at radius 1 is 1.17 bits per heavy atom. The van der Waals surface area contributed by atoms with E-state index in [2.05, 4.69) is 13.8 Å². The van der Waals surface area contributed by atoms with Crippen molar-refractivity contribution in [3.05, 3.63) is 0 Å². The second-order valence-electron chi connectivity index (χ2n) is 3.28. The molecule has 0 aliphatic rings. The van der Waals surface area contributed by atoms with E-state index in [1.165, 1.54) is 37.9 Å². The first kappa shape index (κ1) is 12.3. The summed E-state index contributed by atoms with van der Waals surface area (Å²) in [4.78, 5) is 0. The van der Waals surface area contributed by atoms with E-state index in [1.807, 2.05) is 11.8 Å². The van der Waals surface area contributed by atoms with Crippen molar-refractivity contribution in [3.63, 3.8) is 0 Å². The van der Waals surface area contributed by atoms with Gasteiger partial charge >= 0.3 is 0 Å². The van der Waals surface area contributed by atoms with Crippen LogP contribution < -0.4 is 0 Å². The zero-order valence-corrected chi connectivity index (χ0v) is 9.20. The van der Waals surface area contributed by atoms with Gasteiger partial charge in [0.25, 0.3) is 0 Å². The SMILES string of the molecule is CCCCCCCSC(C)CO. The van der Waals surface area contributed by atoms with Crippen LogP contribution in [0.4, 0.5) is 0 Å². The highest BCUT2D eigenvalue weighted by Gasteiger charge is 1.98.